The molecule has 0 aliphatic carbocycles. The van der Waals surface area contributed by atoms with Crippen molar-refractivity contribution in [2.24, 2.45) is 0 Å². The number of aliphatic carboxylic acids is 1. The molecule has 1 heterocycles. The summed E-state index contributed by atoms with van der Waals surface area (Å²) in [5, 5.41) is 12.5. The smallest absolute Gasteiger partial charge is 0.305 e. The van der Waals surface area contributed by atoms with Gasteiger partial charge in [0, 0.05) is 23.5 Å². The average Bonchev–Trinajstić information content (AvgIpc) is 2.77. The Balaban J connectivity index is 2.29. The SMILES string of the molecule is CCCn1c(C(=O)NC(C)CC(=O)O)cc2ccccc21. The maximum atomic E-state index is 12.4. The van der Waals surface area contributed by atoms with E-state index in [-0.39, 0.29) is 12.3 Å². The van der Waals surface area contributed by atoms with E-state index in [9.17, 15) is 9.59 Å². The number of carbonyl (C=O) groups is 2. The summed E-state index contributed by atoms with van der Waals surface area (Å²) in [4.78, 5) is 23.1. The minimum atomic E-state index is -0.920. The van der Waals surface area contributed by atoms with Gasteiger partial charge in [0.25, 0.3) is 5.91 Å². The van der Waals surface area contributed by atoms with Crippen LogP contribution in [0.5, 0.6) is 0 Å². The van der Waals surface area contributed by atoms with Crippen LogP contribution in [-0.2, 0) is 11.3 Å². The summed E-state index contributed by atoms with van der Waals surface area (Å²) < 4.78 is 1.98. The summed E-state index contributed by atoms with van der Waals surface area (Å²) in [5.74, 6) is -1.15. The molecule has 0 saturated heterocycles. The normalized spacial score (nSPS) is 12.3. The molecule has 1 amide bonds. The van der Waals surface area contributed by atoms with Gasteiger partial charge in [-0.25, -0.2) is 0 Å². The first kappa shape index (κ1) is 15.1. The van der Waals surface area contributed by atoms with Gasteiger partial charge in [-0.1, -0.05) is 25.1 Å². The van der Waals surface area contributed by atoms with Gasteiger partial charge in [-0.05, 0) is 25.5 Å². The lowest BCUT2D eigenvalue weighted by molar-refractivity contribution is -0.137. The van der Waals surface area contributed by atoms with E-state index in [0.29, 0.717) is 5.69 Å². The second-order valence-corrected chi connectivity index (χ2v) is 5.21. The zero-order chi connectivity index (χ0) is 15.4. The Kier molecular flexibility index (Phi) is 4.62. The van der Waals surface area contributed by atoms with Crippen LogP contribution in [-0.4, -0.2) is 27.6 Å². The van der Waals surface area contributed by atoms with E-state index in [0.717, 1.165) is 23.9 Å². The van der Waals surface area contributed by atoms with Gasteiger partial charge >= 0.3 is 5.97 Å². The quantitative estimate of drug-likeness (QED) is 0.858. The van der Waals surface area contributed by atoms with E-state index in [1.807, 2.05) is 34.9 Å². The largest absolute Gasteiger partial charge is 0.481 e. The molecule has 21 heavy (non-hydrogen) atoms. The lowest BCUT2D eigenvalue weighted by atomic mass is 10.2. The Labute approximate surface area is 123 Å². The van der Waals surface area contributed by atoms with Crippen LogP contribution >= 0.6 is 0 Å². The Bertz CT molecular complexity index is 661. The summed E-state index contributed by atoms with van der Waals surface area (Å²) >= 11 is 0. The van der Waals surface area contributed by atoms with Crippen molar-refractivity contribution in [2.45, 2.75) is 39.3 Å². The highest BCUT2D eigenvalue weighted by atomic mass is 16.4. The summed E-state index contributed by atoms with van der Waals surface area (Å²) in [7, 11) is 0. The summed E-state index contributed by atoms with van der Waals surface area (Å²) in [6, 6.07) is 9.30. The first-order valence-electron chi connectivity index (χ1n) is 7.13. The zero-order valence-corrected chi connectivity index (χ0v) is 12.3. The van der Waals surface area contributed by atoms with Crippen LogP contribution in [0.1, 0.15) is 37.2 Å². The molecule has 1 atom stereocenters. The van der Waals surface area contributed by atoms with E-state index in [4.69, 9.17) is 5.11 Å². The van der Waals surface area contributed by atoms with Gasteiger partial charge in [-0.15, -0.1) is 0 Å². The summed E-state index contributed by atoms with van der Waals surface area (Å²) in [6.45, 7) is 4.51. The number of hydrogen-bond donors (Lipinski definition) is 2. The number of rotatable bonds is 6. The molecular weight excluding hydrogens is 268 g/mol. The van der Waals surface area contributed by atoms with Gasteiger partial charge in [0.2, 0.25) is 0 Å². The number of benzene rings is 1. The first-order valence-corrected chi connectivity index (χ1v) is 7.13. The molecule has 0 spiro atoms. The Morgan fingerprint density at radius 3 is 2.71 bits per heavy atom. The fraction of sp³-hybridized carbons (Fsp3) is 0.375. The van der Waals surface area contributed by atoms with E-state index >= 15 is 0 Å². The van der Waals surface area contributed by atoms with E-state index in [2.05, 4.69) is 12.2 Å². The first-order chi connectivity index (χ1) is 10.0. The molecule has 0 radical (unpaired) electrons. The maximum absolute atomic E-state index is 12.4. The Hall–Kier alpha value is -2.30. The van der Waals surface area contributed by atoms with E-state index < -0.39 is 12.0 Å². The summed E-state index contributed by atoms with van der Waals surface area (Å²) in [5.41, 5.74) is 1.60. The molecule has 2 rings (SSSR count). The predicted molar refractivity (Wildman–Crippen MR) is 81.4 cm³/mol. The number of aryl methyl sites for hydroxylation is 1. The number of hydrogen-bond acceptors (Lipinski definition) is 2. The third-order valence-corrected chi connectivity index (χ3v) is 3.35. The van der Waals surface area contributed by atoms with Gasteiger partial charge in [-0.3, -0.25) is 9.59 Å². The van der Waals surface area contributed by atoms with Crippen LogP contribution in [0.2, 0.25) is 0 Å². The molecule has 1 unspecified atom stereocenters. The minimum absolute atomic E-state index is 0.0836. The highest BCUT2D eigenvalue weighted by Gasteiger charge is 2.17. The number of nitrogens with zero attached hydrogens (tertiary/aromatic N) is 1. The fourth-order valence-corrected chi connectivity index (χ4v) is 2.47. The van der Waals surface area contributed by atoms with E-state index in [1.165, 1.54) is 0 Å². The predicted octanol–water partition coefficient (Wildman–Crippen LogP) is 2.64. The third-order valence-electron chi connectivity index (χ3n) is 3.35. The zero-order valence-electron chi connectivity index (χ0n) is 12.3. The molecule has 5 nitrogen and oxygen atoms in total. The number of aromatic nitrogens is 1. The van der Waals surface area contributed by atoms with Gasteiger partial charge < -0.3 is 15.0 Å². The van der Waals surface area contributed by atoms with Crippen LogP contribution in [0.15, 0.2) is 30.3 Å². The van der Waals surface area contributed by atoms with Crippen molar-refractivity contribution < 1.29 is 14.7 Å². The van der Waals surface area contributed by atoms with Gasteiger partial charge in [0.05, 0.1) is 6.42 Å². The molecule has 0 fully saturated rings. The summed E-state index contributed by atoms with van der Waals surface area (Å²) in [6.07, 6.45) is 0.837. The molecule has 1 aromatic heterocycles. The monoisotopic (exact) mass is 288 g/mol. The van der Waals surface area contributed by atoms with Crippen LogP contribution < -0.4 is 5.32 Å². The van der Waals surface area contributed by atoms with Crippen molar-refractivity contribution in [1.82, 2.24) is 9.88 Å². The van der Waals surface area contributed by atoms with Crippen molar-refractivity contribution in [2.75, 3.05) is 0 Å². The third kappa shape index (κ3) is 3.42. The number of fused-ring (bicyclic) bond motifs is 1. The molecule has 0 bridgehead atoms. The highest BCUT2D eigenvalue weighted by Crippen LogP contribution is 2.20. The second-order valence-electron chi connectivity index (χ2n) is 5.21. The topological polar surface area (TPSA) is 71.3 Å². The van der Waals surface area contributed by atoms with Crippen molar-refractivity contribution in [3.8, 4) is 0 Å². The van der Waals surface area contributed by atoms with Crippen LogP contribution in [0.3, 0.4) is 0 Å². The standard InChI is InChI=1S/C16H20N2O3/c1-3-8-18-13-7-5-4-6-12(13)10-14(18)16(21)17-11(2)9-15(19)20/h4-7,10-11H,3,8-9H2,1-2H3,(H,17,21)(H,19,20). The molecule has 0 aliphatic rings. The lowest BCUT2D eigenvalue weighted by Crippen LogP contribution is -2.35. The van der Waals surface area contributed by atoms with Crippen LogP contribution in [0.4, 0.5) is 0 Å². The average molecular weight is 288 g/mol. The molecule has 1 aromatic carbocycles. The molecular formula is C16H20N2O3. The van der Waals surface area contributed by atoms with Gasteiger partial charge in [0.1, 0.15) is 5.69 Å². The number of nitrogens with one attached hydrogen (secondary N) is 1. The lowest BCUT2D eigenvalue weighted by Gasteiger charge is -2.13. The maximum Gasteiger partial charge on any atom is 0.305 e. The van der Waals surface area contributed by atoms with Gasteiger partial charge in [-0.2, -0.15) is 0 Å². The molecule has 2 aromatic rings. The number of carboxylic acids is 1. The van der Waals surface area contributed by atoms with E-state index in [1.54, 1.807) is 6.92 Å². The minimum Gasteiger partial charge on any atom is -0.481 e. The number of carboxylic acid groups (broad SMARTS) is 1. The molecule has 0 aliphatic heterocycles. The number of carbonyl (C=O) groups excluding carboxylic acids is 1. The van der Waals surface area contributed by atoms with Crippen molar-refractivity contribution >= 4 is 22.8 Å². The second kappa shape index (κ2) is 6.43. The Morgan fingerprint density at radius 2 is 2.05 bits per heavy atom. The van der Waals surface area contributed by atoms with Crippen molar-refractivity contribution in [3.63, 3.8) is 0 Å². The highest BCUT2D eigenvalue weighted by molar-refractivity contribution is 5.99. The molecule has 112 valence electrons. The van der Waals surface area contributed by atoms with Crippen molar-refractivity contribution in [3.05, 3.63) is 36.0 Å². The molecule has 2 N–H and O–H groups in total. The Morgan fingerprint density at radius 1 is 1.33 bits per heavy atom. The molecule has 5 heteroatoms. The van der Waals surface area contributed by atoms with Gasteiger partial charge in [0.15, 0.2) is 0 Å². The van der Waals surface area contributed by atoms with Crippen LogP contribution in [0, 0.1) is 0 Å². The fourth-order valence-electron chi connectivity index (χ4n) is 2.47. The number of para-hydroxylation sites is 1. The van der Waals surface area contributed by atoms with Crippen molar-refractivity contribution in [1.29, 1.82) is 0 Å². The number of amides is 1. The van der Waals surface area contributed by atoms with Crippen LogP contribution in [0.25, 0.3) is 10.9 Å². The molecule has 0 saturated carbocycles.